The normalized spacial score (nSPS) is 27.3. The third-order valence-electron chi connectivity index (χ3n) is 1.73. The number of morpholine rings is 1. The Morgan fingerprint density at radius 1 is 1.67 bits per heavy atom. The topological polar surface area (TPSA) is 46.6 Å². The second kappa shape index (κ2) is 3.91. The molecule has 0 aromatic carbocycles. The van der Waals surface area contributed by atoms with Crippen LogP contribution in [-0.2, 0) is 13.8 Å². The minimum absolute atomic E-state index is 0.0983. The van der Waals surface area contributed by atoms with Crippen molar-refractivity contribution in [3.8, 4) is 0 Å². The van der Waals surface area contributed by atoms with Crippen molar-refractivity contribution in [1.29, 1.82) is 0 Å². The number of hydrogen-bond donors (Lipinski definition) is 0. The highest BCUT2D eigenvalue weighted by atomic mass is 35.7. The van der Waals surface area contributed by atoms with E-state index < -0.39 is 9.05 Å². The Morgan fingerprint density at radius 2 is 2.33 bits per heavy atom. The Hall–Kier alpha value is 0.160. The van der Waals surface area contributed by atoms with Crippen LogP contribution in [0.15, 0.2) is 0 Å². The maximum absolute atomic E-state index is 10.7. The van der Waals surface area contributed by atoms with Crippen LogP contribution in [0, 0.1) is 0 Å². The van der Waals surface area contributed by atoms with Gasteiger partial charge in [-0.15, -0.1) is 0 Å². The van der Waals surface area contributed by atoms with Crippen LogP contribution >= 0.6 is 10.7 Å². The molecule has 12 heavy (non-hydrogen) atoms. The summed E-state index contributed by atoms with van der Waals surface area (Å²) in [5, 5.41) is 0. The molecule has 6 heteroatoms. The lowest BCUT2D eigenvalue weighted by molar-refractivity contribution is -0.00661. The van der Waals surface area contributed by atoms with Crippen LogP contribution < -0.4 is 0 Å². The molecule has 1 atom stereocenters. The molecule has 1 heterocycles. The number of nitrogens with zero attached hydrogens (tertiary/aromatic N) is 1. The van der Waals surface area contributed by atoms with E-state index in [2.05, 4.69) is 0 Å². The number of halogens is 1. The fraction of sp³-hybridized carbons (Fsp3) is 1.00. The zero-order chi connectivity index (χ0) is 9.19. The number of likely N-dealkylation sites (N-methyl/N-ethyl adjacent to an activating group) is 1. The fourth-order valence-corrected chi connectivity index (χ4v) is 2.26. The van der Waals surface area contributed by atoms with Gasteiger partial charge < -0.3 is 9.64 Å². The Kier molecular flexibility index (Phi) is 3.34. The average molecular weight is 214 g/mol. The summed E-state index contributed by atoms with van der Waals surface area (Å²) in [6.45, 7) is 2.05. The summed E-state index contributed by atoms with van der Waals surface area (Å²) >= 11 is 0. The lowest BCUT2D eigenvalue weighted by atomic mass is 10.3. The number of ether oxygens (including phenoxy) is 1. The molecule has 1 aliphatic heterocycles. The maximum atomic E-state index is 10.7. The van der Waals surface area contributed by atoms with Gasteiger partial charge in [-0.25, -0.2) is 8.42 Å². The third-order valence-corrected chi connectivity index (χ3v) is 2.87. The molecule has 0 aromatic heterocycles. The molecule has 1 aliphatic rings. The fourth-order valence-electron chi connectivity index (χ4n) is 1.19. The maximum Gasteiger partial charge on any atom is 0.235 e. The molecule has 0 radical (unpaired) electrons. The zero-order valence-electron chi connectivity index (χ0n) is 6.86. The summed E-state index contributed by atoms with van der Waals surface area (Å²) in [5.74, 6) is -0.0983. The molecular weight excluding hydrogens is 202 g/mol. The van der Waals surface area contributed by atoms with E-state index in [4.69, 9.17) is 15.4 Å². The van der Waals surface area contributed by atoms with Crippen LogP contribution in [0.3, 0.4) is 0 Å². The van der Waals surface area contributed by atoms with Gasteiger partial charge in [-0.05, 0) is 7.05 Å². The highest BCUT2D eigenvalue weighted by Crippen LogP contribution is 2.08. The van der Waals surface area contributed by atoms with Gasteiger partial charge in [0.15, 0.2) is 0 Å². The number of rotatable bonds is 2. The molecule has 1 saturated heterocycles. The summed E-state index contributed by atoms with van der Waals surface area (Å²) in [7, 11) is 3.59. The van der Waals surface area contributed by atoms with Crippen molar-refractivity contribution >= 4 is 19.7 Å². The van der Waals surface area contributed by atoms with E-state index >= 15 is 0 Å². The van der Waals surface area contributed by atoms with Crippen LogP contribution in [0.25, 0.3) is 0 Å². The van der Waals surface area contributed by atoms with Crippen LogP contribution in [0.2, 0.25) is 0 Å². The predicted molar refractivity (Wildman–Crippen MR) is 46.9 cm³/mol. The van der Waals surface area contributed by atoms with Crippen molar-refractivity contribution in [2.45, 2.75) is 6.10 Å². The van der Waals surface area contributed by atoms with E-state index in [9.17, 15) is 8.42 Å². The van der Waals surface area contributed by atoms with Gasteiger partial charge in [-0.2, -0.15) is 0 Å². The number of hydrogen-bond acceptors (Lipinski definition) is 4. The van der Waals surface area contributed by atoms with Crippen molar-refractivity contribution in [3.63, 3.8) is 0 Å². The van der Waals surface area contributed by atoms with E-state index in [0.29, 0.717) is 13.2 Å². The smallest absolute Gasteiger partial charge is 0.235 e. The lowest BCUT2D eigenvalue weighted by Gasteiger charge is -2.29. The molecule has 0 unspecified atom stereocenters. The van der Waals surface area contributed by atoms with E-state index in [1.807, 2.05) is 11.9 Å². The van der Waals surface area contributed by atoms with Crippen molar-refractivity contribution in [1.82, 2.24) is 4.90 Å². The average Bonchev–Trinajstić information content (AvgIpc) is 1.82. The molecule has 4 nitrogen and oxygen atoms in total. The third kappa shape index (κ3) is 3.71. The van der Waals surface area contributed by atoms with E-state index in [1.165, 1.54) is 0 Å². The molecule has 72 valence electrons. The minimum atomic E-state index is -3.43. The summed E-state index contributed by atoms with van der Waals surface area (Å²) in [6, 6.07) is 0. The molecule has 0 N–H and O–H groups in total. The van der Waals surface area contributed by atoms with Gasteiger partial charge >= 0.3 is 0 Å². The molecule has 0 saturated carbocycles. The quantitative estimate of drug-likeness (QED) is 0.601. The Balaban J connectivity index is 2.43. The minimum Gasteiger partial charge on any atom is -0.374 e. The first kappa shape index (κ1) is 10.2. The molecule has 1 rings (SSSR count). The highest BCUT2D eigenvalue weighted by Gasteiger charge is 2.22. The van der Waals surface area contributed by atoms with Gasteiger partial charge in [0, 0.05) is 23.8 Å². The van der Waals surface area contributed by atoms with Crippen molar-refractivity contribution in [2.75, 3.05) is 32.5 Å². The van der Waals surface area contributed by atoms with Gasteiger partial charge in [0.2, 0.25) is 9.05 Å². The summed E-state index contributed by atoms with van der Waals surface area (Å²) in [6.07, 6.45) is -0.272. The Morgan fingerprint density at radius 3 is 2.83 bits per heavy atom. The van der Waals surface area contributed by atoms with Gasteiger partial charge in [-0.1, -0.05) is 0 Å². The predicted octanol–water partition coefficient (Wildman–Crippen LogP) is -0.114. The Labute approximate surface area is 76.9 Å². The zero-order valence-corrected chi connectivity index (χ0v) is 8.44. The molecule has 0 spiro atoms. The van der Waals surface area contributed by atoms with E-state index in [-0.39, 0.29) is 11.9 Å². The second-order valence-corrected chi connectivity index (χ2v) is 5.78. The molecule has 1 fully saturated rings. The van der Waals surface area contributed by atoms with Crippen LogP contribution in [0.5, 0.6) is 0 Å². The van der Waals surface area contributed by atoms with Crippen molar-refractivity contribution < 1.29 is 13.2 Å². The highest BCUT2D eigenvalue weighted by molar-refractivity contribution is 8.13. The Bertz CT molecular complexity index is 241. The van der Waals surface area contributed by atoms with Crippen LogP contribution in [0.1, 0.15) is 0 Å². The van der Waals surface area contributed by atoms with E-state index in [0.717, 1.165) is 6.54 Å². The van der Waals surface area contributed by atoms with Gasteiger partial charge in [0.25, 0.3) is 0 Å². The lowest BCUT2D eigenvalue weighted by Crippen LogP contribution is -2.42. The van der Waals surface area contributed by atoms with Crippen molar-refractivity contribution in [3.05, 3.63) is 0 Å². The summed E-state index contributed by atoms with van der Waals surface area (Å²) in [5.41, 5.74) is 0. The van der Waals surface area contributed by atoms with Crippen LogP contribution in [0.4, 0.5) is 0 Å². The molecule has 0 aromatic rings. The first-order valence-electron chi connectivity index (χ1n) is 3.70. The van der Waals surface area contributed by atoms with Gasteiger partial charge in [0.1, 0.15) is 0 Å². The molecular formula is C6H12ClNO3S. The SMILES string of the molecule is CN1CCO[C@H](CS(=O)(=O)Cl)C1. The molecule has 0 bridgehead atoms. The first-order chi connectivity index (χ1) is 5.47. The summed E-state index contributed by atoms with van der Waals surface area (Å²) < 4.78 is 26.6. The largest absolute Gasteiger partial charge is 0.374 e. The first-order valence-corrected chi connectivity index (χ1v) is 6.18. The monoisotopic (exact) mass is 213 g/mol. The van der Waals surface area contributed by atoms with Crippen LogP contribution in [-0.4, -0.2) is 51.9 Å². The van der Waals surface area contributed by atoms with Crippen molar-refractivity contribution in [2.24, 2.45) is 0 Å². The molecule has 0 amide bonds. The standard InChI is InChI=1S/C6H12ClNO3S/c1-8-2-3-11-6(4-8)5-12(7,9)10/h6H,2-5H2,1H3/t6-/m0/s1. The van der Waals surface area contributed by atoms with E-state index in [1.54, 1.807) is 0 Å². The molecule has 0 aliphatic carbocycles. The van der Waals surface area contributed by atoms with Gasteiger partial charge in [-0.3, -0.25) is 0 Å². The summed E-state index contributed by atoms with van der Waals surface area (Å²) in [4.78, 5) is 2.02. The van der Waals surface area contributed by atoms with Gasteiger partial charge in [0.05, 0.1) is 18.5 Å². The second-order valence-electron chi connectivity index (χ2n) is 2.96.